The van der Waals surface area contributed by atoms with Crippen LogP contribution in [0.2, 0.25) is 0 Å². The van der Waals surface area contributed by atoms with Crippen LogP contribution in [0.4, 0.5) is 5.69 Å². The summed E-state index contributed by atoms with van der Waals surface area (Å²) in [6.45, 7) is 0. The minimum Gasteiger partial charge on any atom is -0.378 e. The number of alkyl halides is 1. The summed E-state index contributed by atoms with van der Waals surface area (Å²) in [5.74, 6) is 0.696. The second-order valence-corrected chi connectivity index (χ2v) is 3.38. The second kappa shape index (κ2) is 6.11. The minimum atomic E-state index is 0. The van der Waals surface area contributed by atoms with E-state index in [0.717, 1.165) is 6.42 Å². The van der Waals surface area contributed by atoms with Gasteiger partial charge in [0.1, 0.15) is 0 Å². The smallest absolute Gasteiger partial charge is 0.0361 e. The average molecular weight is 220 g/mol. The van der Waals surface area contributed by atoms with Crippen LogP contribution < -0.4 is 4.90 Å². The van der Waals surface area contributed by atoms with Crippen molar-refractivity contribution in [1.29, 1.82) is 0 Å². The van der Waals surface area contributed by atoms with Crippen molar-refractivity contribution in [3.8, 4) is 0 Å². The lowest BCUT2D eigenvalue weighted by Crippen LogP contribution is -2.08. The second-order valence-electron chi connectivity index (χ2n) is 3.00. The van der Waals surface area contributed by atoms with Gasteiger partial charge in [-0.3, -0.25) is 0 Å². The van der Waals surface area contributed by atoms with Crippen molar-refractivity contribution in [3.05, 3.63) is 29.8 Å². The van der Waals surface area contributed by atoms with Crippen LogP contribution in [-0.2, 0) is 6.42 Å². The average Bonchev–Trinajstić information content (AvgIpc) is 2.06. The Morgan fingerprint density at radius 1 is 1.15 bits per heavy atom. The molecule has 0 heterocycles. The van der Waals surface area contributed by atoms with E-state index in [9.17, 15) is 0 Å². The molecule has 1 aromatic carbocycles. The molecular weight excluding hydrogens is 205 g/mol. The van der Waals surface area contributed by atoms with Crippen molar-refractivity contribution < 1.29 is 0 Å². The number of halogens is 2. The molecule has 13 heavy (non-hydrogen) atoms. The van der Waals surface area contributed by atoms with Gasteiger partial charge in [-0.15, -0.1) is 24.0 Å². The van der Waals surface area contributed by atoms with E-state index < -0.39 is 0 Å². The van der Waals surface area contributed by atoms with Crippen LogP contribution in [0.1, 0.15) is 5.56 Å². The fourth-order valence-corrected chi connectivity index (χ4v) is 1.29. The summed E-state index contributed by atoms with van der Waals surface area (Å²) >= 11 is 5.63. The molecule has 0 atom stereocenters. The molecule has 0 saturated carbocycles. The Balaban J connectivity index is 0.00000144. The summed E-state index contributed by atoms with van der Waals surface area (Å²) in [6, 6.07) is 8.47. The number of anilines is 1. The molecule has 0 aliphatic rings. The SMILES string of the molecule is CN(C)c1ccc(CCCl)cc1.Cl. The number of benzene rings is 1. The van der Waals surface area contributed by atoms with Crippen LogP contribution in [0.5, 0.6) is 0 Å². The maximum absolute atomic E-state index is 5.63. The summed E-state index contributed by atoms with van der Waals surface area (Å²) in [7, 11) is 4.08. The highest BCUT2D eigenvalue weighted by Crippen LogP contribution is 2.12. The number of hydrogen-bond donors (Lipinski definition) is 0. The highest BCUT2D eigenvalue weighted by molar-refractivity contribution is 6.17. The first-order valence-electron chi connectivity index (χ1n) is 4.06. The first kappa shape index (κ1) is 12.6. The molecule has 0 unspecified atom stereocenters. The fraction of sp³-hybridized carbons (Fsp3) is 0.400. The standard InChI is InChI=1S/C10H14ClN.ClH/c1-12(2)10-5-3-9(4-6-10)7-8-11;/h3-6H,7-8H2,1-2H3;1H. The fourth-order valence-electron chi connectivity index (χ4n) is 1.07. The summed E-state index contributed by atoms with van der Waals surface area (Å²) < 4.78 is 0. The number of aryl methyl sites for hydroxylation is 1. The van der Waals surface area contributed by atoms with E-state index in [-0.39, 0.29) is 12.4 Å². The zero-order chi connectivity index (χ0) is 8.97. The van der Waals surface area contributed by atoms with Crippen LogP contribution >= 0.6 is 24.0 Å². The maximum Gasteiger partial charge on any atom is 0.0361 e. The van der Waals surface area contributed by atoms with Crippen molar-refractivity contribution in [1.82, 2.24) is 0 Å². The molecule has 1 aromatic rings. The number of hydrogen-bond acceptors (Lipinski definition) is 1. The molecular formula is C10H15Cl2N. The van der Waals surface area contributed by atoms with Crippen LogP contribution in [0.15, 0.2) is 24.3 Å². The van der Waals surface area contributed by atoms with Gasteiger partial charge in [0.05, 0.1) is 0 Å². The molecule has 1 nitrogen and oxygen atoms in total. The Hall–Kier alpha value is -0.400. The van der Waals surface area contributed by atoms with Crippen molar-refractivity contribution in [2.24, 2.45) is 0 Å². The van der Waals surface area contributed by atoms with E-state index in [1.807, 2.05) is 14.1 Å². The molecule has 1 rings (SSSR count). The lowest BCUT2D eigenvalue weighted by atomic mass is 10.1. The lowest BCUT2D eigenvalue weighted by molar-refractivity contribution is 1.11. The number of rotatable bonds is 3. The molecule has 0 saturated heterocycles. The zero-order valence-electron chi connectivity index (χ0n) is 7.96. The highest BCUT2D eigenvalue weighted by atomic mass is 35.5. The predicted octanol–water partition coefficient (Wildman–Crippen LogP) is 2.96. The molecule has 0 N–H and O–H groups in total. The van der Waals surface area contributed by atoms with Crippen molar-refractivity contribution in [3.63, 3.8) is 0 Å². The maximum atomic E-state index is 5.63. The molecule has 0 aliphatic heterocycles. The van der Waals surface area contributed by atoms with Crippen molar-refractivity contribution in [2.45, 2.75) is 6.42 Å². The number of nitrogens with zero attached hydrogens (tertiary/aromatic N) is 1. The Kier molecular flexibility index (Phi) is 5.93. The molecule has 0 spiro atoms. The first-order chi connectivity index (χ1) is 5.74. The van der Waals surface area contributed by atoms with Gasteiger partial charge in [0.25, 0.3) is 0 Å². The van der Waals surface area contributed by atoms with E-state index >= 15 is 0 Å². The van der Waals surface area contributed by atoms with Crippen LogP contribution in [-0.4, -0.2) is 20.0 Å². The van der Waals surface area contributed by atoms with Gasteiger partial charge < -0.3 is 4.90 Å². The van der Waals surface area contributed by atoms with Crippen molar-refractivity contribution in [2.75, 3.05) is 24.9 Å². The quantitative estimate of drug-likeness (QED) is 0.708. The minimum absolute atomic E-state index is 0. The predicted molar refractivity (Wildman–Crippen MR) is 62.4 cm³/mol. The summed E-state index contributed by atoms with van der Waals surface area (Å²) in [4.78, 5) is 2.09. The van der Waals surface area contributed by atoms with Gasteiger partial charge in [-0.2, -0.15) is 0 Å². The van der Waals surface area contributed by atoms with E-state index in [1.165, 1.54) is 11.3 Å². The Bertz CT molecular complexity index is 231. The van der Waals surface area contributed by atoms with Crippen molar-refractivity contribution >= 4 is 29.7 Å². The molecule has 0 bridgehead atoms. The molecule has 0 aliphatic carbocycles. The van der Waals surface area contributed by atoms with Gasteiger partial charge >= 0.3 is 0 Å². The highest BCUT2D eigenvalue weighted by Gasteiger charge is 1.94. The van der Waals surface area contributed by atoms with E-state index in [1.54, 1.807) is 0 Å². The normalized spacial score (nSPS) is 9.15. The van der Waals surface area contributed by atoms with E-state index in [2.05, 4.69) is 29.2 Å². The van der Waals surface area contributed by atoms with Crippen LogP contribution in [0.25, 0.3) is 0 Å². The third-order valence-corrected chi connectivity index (χ3v) is 2.02. The van der Waals surface area contributed by atoms with Crippen LogP contribution in [0, 0.1) is 0 Å². The molecule has 74 valence electrons. The van der Waals surface area contributed by atoms with Gasteiger partial charge in [0, 0.05) is 25.7 Å². The Morgan fingerprint density at radius 2 is 1.69 bits per heavy atom. The van der Waals surface area contributed by atoms with Crippen LogP contribution in [0.3, 0.4) is 0 Å². The third kappa shape index (κ3) is 3.88. The molecule has 0 radical (unpaired) electrons. The Labute approximate surface area is 91.1 Å². The molecule has 3 heteroatoms. The summed E-state index contributed by atoms with van der Waals surface area (Å²) in [6.07, 6.45) is 0.954. The van der Waals surface area contributed by atoms with E-state index in [4.69, 9.17) is 11.6 Å². The van der Waals surface area contributed by atoms with Gasteiger partial charge in [0.15, 0.2) is 0 Å². The zero-order valence-corrected chi connectivity index (χ0v) is 9.53. The third-order valence-electron chi connectivity index (χ3n) is 1.84. The monoisotopic (exact) mass is 219 g/mol. The summed E-state index contributed by atoms with van der Waals surface area (Å²) in [5, 5.41) is 0. The van der Waals surface area contributed by atoms with E-state index in [0.29, 0.717) is 5.88 Å². The largest absolute Gasteiger partial charge is 0.378 e. The Morgan fingerprint density at radius 3 is 2.08 bits per heavy atom. The topological polar surface area (TPSA) is 3.24 Å². The molecule has 0 aromatic heterocycles. The molecule has 0 fully saturated rings. The summed E-state index contributed by atoms with van der Waals surface area (Å²) in [5.41, 5.74) is 2.53. The first-order valence-corrected chi connectivity index (χ1v) is 4.59. The molecule has 0 amide bonds. The van der Waals surface area contributed by atoms with Gasteiger partial charge in [-0.1, -0.05) is 12.1 Å². The van der Waals surface area contributed by atoms with Gasteiger partial charge in [0.2, 0.25) is 0 Å². The lowest BCUT2D eigenvalue weighted by Gasteiger charge is -2.12. The van der Waals surface area contributed by atoms with Gasteiger partial charge in [-0.25, -0.2) is 0 Å². The van der Waals surface area contributed by atoms with Gasteiger partial charge in [-0.05, 0) is 24.1 Å².